The van der Waals surface area contributed by atoms with Crippen molar-refractivity contribution in [3.05, 3.63) is 5.82 Å². The fourth-order valence-electron chi connectivity index (χ4n) is 1.23. The molecule has 1 aromatic heterocycles. The smallest absolute Gasteiger partial charge is 0.327 e. The van der Waals surface area contributed by atoms with Crippen LogP contribution in [-0.4, -0.2) is 60.2 Å². The van der Waals surface area contributed by atoms with Crippen molar-refractivity contribution in [3.8, 4) is 0 Å². The number of H-pyrrole nitrogens is 1. The lowest BCUT2D eigenvalue weighted by Gasteiger charge is -2.17. The zero-order chi connectivity index (χ0) is 10.8. The number of carboxylic acids is 1. The zero-order valence-corrected chi connectivity index (χ0v) is 8.27. The van der Waals surface area contributed by atoms with Crippen molar-refractivity contribution >= 4 is 23.6 Å². The van der Waals surface area contributed by atoms with Gasteiger partial charge in [0.05, 0.1) is 5.88 Å². The molecule has 2 heterocycles. The predicted molar refractivity (Wildman–Crippen MR) is 49.1 cm³/mol. The molecule has 1 saturated heterocycles. The number of tetrazole rings is 1. The van der Waals surface area contributed by atoms with Gasteiger partial charge in [-0.3, -0.25) is 4.79 Å². The second-order valence-corrected chi connectivity index (χ2v) is 3.86. The SMILES string of the molecule is O=C(O)[C@@H]1CSCN1C(=O)c1nn[nH]n1. The van der Waals surface area contributed by atoms with E-state index >= 15 is 0 Å². The number of nitrogens with one attached hydrogen (secondary N) is 1. The third-order valence-electron chi connectivity index (χ3n) is 1.96. The Labute approximate surface area is 88.0 Å². The second-order valence-electron chi connectivity index (χ2n) is 2.86. The third kappa shape index (κ3) is 1.77. The summed E-state index contributed by atoms with van der Waals surface area (Å²) in [6, 6.07) is -0.805. The number of hydrogen-bond acceptors (Lipinski definition) is 6. The number of amides is 1. The lowest BCUT2D eigenvalue weighted by Crippen LogP contribution is -2.42. The van der Waals surface area contributed by atoms with Crippen LogP contribution >= 0.6 is 11.8 Å². The molecule has 0 radical (unpaired) electrons. The largest absolute Gasteiger partial charge is 0.480 e. The minimum atomic E-state index is -1.02. The fraction of sp³-hybridized carbons (Fsp3) is 0.500. The summed E-state index contributed by atoms with van der Waals surface area (Å²) in [4.78, 5) is 23.7. The number of carbonyl (C=O) groups is 2. The highest BCUT2D eigenvalue weighted by Gasteiger charge is 2.36. The maximum atomic E-state index is 11.7. The van der Waals surface area contributed by atoms with E-state index < -0.39 is 17.9 Å². The van der Waals surface area contributed by atoms with Crippen LogP contribution in [0.2, 0.25) is 0 Å². The first-order valence-electron chi connectivity index (χ1n) is 4.05. The maximum absolute atomic E-state index is 11.7. The minimum Gasteiger partial charge on any atom is -0.480 e. The van der Waals surface area contributed by atoms with Gasteiger partial charge in [-0.1, -0.05) is 0 Å². The van der Waals surface area contributed by atoms with Crippen molar-refractivity contribution in [1.29, 1.82) is 0 Å². The number of thioether (sulfide) groups is 1. The highest BCUT2D eigenvalue weighted by atomic mass is 32.2. The van der Waals surface area contributed by atoms with Crippen LogP contribution in [-0.2, 0) is 4.79 Å². The fourth-order valence-corrected chi connectivity index (χ4v) is 2.37. The van der Waals surface area contributed by atoms with E-state index in [9.17, 15) is 9.59 Å². The Morgan fingerprint density at radius 3 is 3.00 bits per heavy atom. The lowest BCUT2D eigenvalue weighted by molar-refractivity contribution is -0.140. The first-order chi connectivity index (χ1) is 7.20. The summed E-state index contributed by atoms with van der Waals surface area (Å²) in [5.74, 6) is -0.912. The Bertz CT molecular complexity index is 380. The van der Waals surface area contributed by atoms with Gasteiger partial charge in [-0.15, -0.1) is 22.0 Å². The molecular formula is C6H7N5O3S. The quantitative estimate of drug-likeness (QED) is 0.654. The van der Waals surface area contributed by atoms with Crippen molar-refractivity contribution in [2.45, 2.75) is 6.04 Å². The zero-order valence-electron chi connectivity index (χ0n) is 7.45. The Balaban J connectivity index is 2.17. The average Bonchev–Trinajstić information content (AvgIpc) is 2.88. The standard InChI is InChI=1S/C6H7N5O3S/c12-5(4-7-9-10-8-4)11-2-15-1-3(11)6(13)14/h3H,1-2H2,(H,13,14)(H,7,8,9,10)/t3-/m0/s1. The summed E-state index contributed by atoms with van der Waals surface area (Å²) in [5.41, 5.74) is 0. The van der Waals surface area contributed by atoms with E-state index in [1.165, 1.54) is 16.7 Å². The van der Waals surface area contributed by atoms with Crippen LogP contribution in [0, 0.1) is 0 Å². The van der Waals surface area contributed by atoms with Crippen molar-refractivity contribution in [2.24, 2.45) is 0 Å². The number of carboxylic acid groups (broad SMARTS) is 1. The molecule has 1 fully saturated rings. The number of hydrogen-bond donors (Lipinski definition) is 2. The van der Waals surface area contributed by atoms with Gasteiger partial charge in [0, 0.05) is 5.75 Å². The molecule has 2 rings (SSSR count). The molecule has 1 atom stereocenters. The van der Waals surface area contributed by atoms with E-state index in [-0.39, 0.29) is 5.82 Å². The predicted octanol–water partition coefficient (Wildman–Crippen LogP) is -1.20. The summed E-state index contributed by atoms with van der Waals surface area (Å²) in [6.07, 6.45) is 0. The molecule has 1 amide bonds. The van der Waals surface area contributed by atoms with Crippen molar-refractivity contribution in [3.63, 3.8) is 0 Å². The summed E-state index contributed by atoms with van der Waals surface area (Å²) in [5, 5.41) is 21.3. The van der Waals surface area contributed by atoms with E-state index in [1.54, 1.807) is 0 Å². The third-order valence-corrected chi connectivity index (χ3v) is 2.98. The molecule has 15 heavy (non-hydrogen) atoms. The topological polar surface area (TPSA) is 112 Å². The molecule has 0 aliphatic carbocycles. The molecule has 1 aromatic rings. The van der Waals surface area contributed by atoms with Gasteiger partial charge in [-0.25, -0.2) is 4.79 Å². The molecule has 80 valence electrons. The number of rotatable bonds is 2. The number of carbonyl (C=O) groups excluding carboxylic acids is 1. The van der Waals surface area contributed by atoms with Crippen LogP contribution in [0.1, 0.15) is 10.6 Å². The van der Waals surface area contributed by atoms with Gasteiger partial charge in [-0.2, -0.15) is 5.21 Å². The molecule has 0 spiro atoms. The van der Waals surface area contributed by atoms with Gasteiger partial charge in [0.2, 0.25) is 0 Å². The maximum Gasteiger partial charge on any atom is 0.327 e. The number of aromatic amines is 1. The molecule has 0 bridgehead atoms. The number of aromatic nitrogens is 4. The molecule has 0 saturated carbocycles. The first-order valence-corrected chi connectivity index (χ1v) is 5.20. The first kappa shape index (κ1) is 9.90. The highest BCUT2D eigenvalue weighted by molar-refractivity contribution is 7.99. The molecule has 2 N–H and O–H groups in total. The van der Waals surface area contributed by atoms with Crippen LogP contribution in [0.5, 0.6) is 0 Å². The molecule has 0 aromatic carbocycles. The van der Waals surface area contributed by atoms with E-state index in [0.717, 1.165) is 0 Å². The molecule has 0 unspecified atom stereocenters. The van der Waals surface area contributed by atoms with Gasteiger partial charge >= 0.3 is 5.97 Å². The summed E-state index contributed by atoms with van der Waals surface area (Å²) in [7, 11) is 0. The van der Waals surface area contributed by atoms with E-state index in [1.807, 2.05) is 0 Å². The van der Waals surface area contributed by atoms with Crippen LogP contribution in [0.25, 0.3) is 0 Å². The van der Waals surface area contributed by atoms with Crippen molar-refractivity contribution < 1.29 is 14.7 Å². The van der Waals surface area contributed by atoms with Crippen molar-refractivity contribution in [1.82, 2.24) is 25.5 Å². The van der Waals surface area contributed by atoms with Crippen LogP contribution in [0.4, 0.5) is 0 Å². The van der Waals surface area contributed by atoms with Gasteiger partial charge in [0.25, 0.3) is 11.7 Å². The van der Waals surface area contributed by atoms with E-state index in [4.69, 9.17) is 5.11 Å². The lowest BCUT2D eigenvalue weighted by atomic mass is 10.3. The summed E-state index contributed by atoms with van der Waals surface area (Å²) in [6.45, 7) is 0. The second kappa shape index (κ2) is 3.85. The van der Waals surface area contributed by atoms with Gasteiger partial charge in [-0.05, 0) is 5.21 Å². The Kier molecular flexibility index (Phi) is 2.54. The van der Waals surface area contributed by atoms with Crippen molar-refractivity contribution in [2.75, 3.05) is 11.6 Å². The highest BCUT2D eigenvalue weighted by Crippen LogP contribution is 2.22. The Hall–Kier alpha value is -1.64. The molecule has 8 nitrogen and oxygen atoms in total. The summed E-state index contributed by atoms with van der Waals surface area (Å²) >= 11 is 1.38. The van der Waals surface area contributed by atoms with Crippen LogP contribution in [0.15, 0.2) is 0 Å². The molecule has 1 aliphatic rings. The Morgan fingerprint density at radius 1 is 1.60 bits per heavy atom. The number of nitrogens with zero attached hydrogens (tertiary/aromatic N) is 4. The monoisotopic (exact) mass is 229 g/mol. The molecule has 1 aliphatic heterocycles. The average molecular weight is 229 g/mol. The molecule has 9 heteroatoms. The van der Waals surface area contributed by atoms with Crippen LogP contribution in [0.3, 0.4) is 0 Å². The van der Waals surface area contributed by atoms with E-state index in [2.05, 4.69) is 20.6 Å². The number of aliphatic carboxylic acids is 1. The minimum absolute atomic E-state index is 0.108. The normalized spacial score (nSPS) is 20.5. The van der Waals surface area contributed by atoms with Gasteiger partial charge < -0.3 is 10.0 Å². The van der Waals surface area contributed by atoms with Gasteiger partial charge in [0.15, 0.2) is 0 Å². The summed E-state index contributed by atoms with van der Waals surface area (Å²) < 4.78 is 0. The molecular weight excluding hydrogens is 222 g/mol. The van der Waals surface area contributed by atoms with Gasteiger partial charge in [0.1, 0.15) is 6.04 Å². The van der Waals surface area contributed by atoms with E-state index in [0.29, 0.717) is 11.6 Å². The Morgan fingerprint density at radius 2 is 2.40 bits per heavy atom. The van der Waals surface area contributed by atoms with Crippen LogP contribution < -0.4 is 0 Å².